The van der Waals surface area contributed by atoms with Crippen LogP contribution in [0.5, 0.6) is 0 Å². The minimum absolute atomic E-state index is 0.165. The average Bonchev–Trinajstić information content (AvgIpc) is 2.68. The molecule has 1 amide bonds. The first kappa shape index (κ1) is 17.5. The van der Waals surface area contributed by atoms with Crippen LogP contribution in [-0.4, -0.2) is 23.5 Å². The Morgan fingerprint density at radius 3 is 2.60 bits per heavy atom. The van der Waals surface area contributed by atoms with E-state index in [1.165, 1.54) is 24.8 Å². The summed E-state index contributed by atoms with van der Waals surface area (Å²) in [5, 5.41) is 2.91. The largest absolute Gasteiger partial charge is 0.367 e. The number of hydrogen-bond donors (Lipinski definition) is 1. The van der Waals surface area contributed by atoms with Crippen molar-refractivity contribution in [1.29, 1.82) is 0 Å². The summed E-state index contributed by atoms with van der Waals surface area (Å²) in [5.41, 5.74) is 3.63. The Hall–Kier alpha value is -2.36. The van der Waals surface area contributed by atoms with Crippen LogP contribution in [0.15, 0.2) is 42.6 Å². The van der Waals surface area contributed by atoms with E-state index in [-0.39, 0.29) is 5.91 Å². The van der Waals surface area contributed by atoms with E-state index in [2.05, 4.69) is 29.0 Å². The summed E-state index contributed by atoms with van der Waals surface area (Å²) < 4.78 is 0. The number of carbonyl (C=O) groups excluding carboxylic acids is 1. The molecule has 0 bridgehead atoms. The van der Waals surface area contributed by atoms with Gasteiger partial charge in [-0.1, -0.05) is 26.0 Å². The van der Waals surface area contributed by atoms with E-state index >= 15 is 0 Å². The van der Waals surface area contributed by atoms with Gasteiger partial charge in [0.25, 0.3) is 5.91 Å². The van der Waals surface area contributed by atoms with Gasteiger partial charge in [0, 0.05) is 18.3 Å². The van der Waals surface area contributed by atoms with Crippen molar-refractivity contribution in [3.63, 3.8) is 0 Å². The quantitative estimate of drug-likeness (QED) is 0.862. The van der Waals surface area contributed by atoms with Crippen LogP contribution in [0.1, 0.15) is 55.6 Å². The van der Waals surface area contributed by atoms with E-state index in [9.17, 15) is 4.79 Å². The molecule has 1 atom stereocenters. The van der Waals surface area contributed by atoms with E-state index in [0.29, 0.717) is 11.7 Å². The van der Waals surface area contributed by atoms with Crippen molar-refractivity contribution in [3.8, 4) is 0 Å². The summed E-state index contributed by atoms with van der Waals surface area (Å²) in [6, 6.07) is 12.4. The molecule has 1 unspecified atom stereocenters. The number of pyridine rings is 1. The highest BCUT2D eigenvalue weighted by Gasteiger charge is 2.21. The van der Waals surface area contributed by atoms with Crippen molar-refractivity contribution >= 4 is 17.3 Å². The lowest BCUT2D eigenvalue weighted by atomic mass is 9.99. The highest BCUT2D eigenvalue weighted by molar-refractivity contribution is 6.02. The first-order valence-electron chi connectivity index (χ1n) is 9.34. The summed E-state index contributed by atoms with van der Waals surface area (Å²) in [4.78, 5) is 19.2. The van der Waals surface area contributed by atoms with E-state index in [1.807, 2.05) is 42.6 Å². The van der Waals surface area contributed by atoms with Crippen LogP contribution >= 0.6 is 0 Å². The minimum atomic E-state index is -0.165. The SMILES string of the molecule is CCc1ccc(NC(=O)c2ccc(N3CCCCC3CC)cn2)cc1. The Balaban J connectivity index is 1.67. The molecule has 1 aromatic heterocycles. The van der Waals surface area contributed by atoms with Gasteiger partial charge in [0.2, 0.25) is 0 Å². The molecule has 2 heterocycles. The second-order valence-electron chi connectivity index (χ2n) is 6.66. The van der Waals surface area contributed by atoms with Gasteiger partial charge < -0.3 is 10.2 Å². The van der Waals surface area contributed by atoms with Crippen LogP contribution in [0.2, 0.25) is 0 Å². The predicted octanol–water partition coefficient (Wildman–Crippen LogP) is 4.67. The van der Waals surface area contributed by atoms with Gasteiger partial charge in [-0.25, -0.2) is 4.98 Å². The molecule has 1 saturated heterocycles. The zero-order chi connectivity index (χ0) is 17.6. The number of piperidine rings is 1. The molecule has 1 aliphatic heterocycles. The Morgan fingerprint density at radius 1 is 1.16 bits per heavy atom. The Morgan fingerprint density at radius 2 is 1.96 bits per heavy atom. The van der Waals surface area contributed by atoms with Gasteiger partial charge >= 0.3 is 0 Å². The number of nitrogens with zero attached hydrogens (tertiary/aromatic N) is 2. The third kappa shape index (κ3) is 4.19. The molecular formula is C21H27N3O. The van der Waals surface area contributed by atoms with Gasteiger partial charge in [-0.05, 0) is 61.9 Å². The number of carbonyl (C=O) groups is 1. The summed E-state index contributed by atoms with van der Waals surface area (Å²) in [7, 11) is 0. The monoisotopic (exact) mass is 337 g/mol. The average molecular weight is 337 g/mol. The van der Waals surface area contributed by atoms with Crippen LogP contribution < -0.4 is 10.2 Å². The minimum Gasteiger partial charge on any atom is -0.367 e. The van der Waals surface area contributed by atoms with Crippen LogP contribution in [0.25, 0.3) is 0 Å². The summed E-state index contributed by atoms with van der Waals surface area (Å²) in [6.07, 6.45) is 7.75. The normalized spacial score (nSPS) is 17.4. The van der Waals surface area contributed by atoms with Gasteiger partial charge in [0.1, 0.15) is 5.69 Å². The van der Waals surface area contributed by atoms with Crippen molar-refractivity contribution in [2.75, 3.05) is 16.8 Å². The van der Waals surface area contributed by atoms with E-state index in [0.717, 1.165) is 30.8 Å². The Labute approximate surface area is 150 Å². The van der Waals surface area contributed by atoms with Crippen LogP contribution in [0.4, 0.5) is 11.4 Å². The van der Waals surface area contributed by atoms with Gasteiger partial charge in [-0.15, -0.1) is 0 Å². The number of aryl methyl sites for hydroxylation is 1. The number of hydrogen-bond acceptors (Lipinski definition) is 3. The zero-order valence-corrected chi connectivity index (χ0v) is 15.2. The molecule has 0 saturated carbocycles. The summed E-state index contributed by atoms with van der Waals surface area (Å²) >= 11 is 0. The molecule has 0 radical (unpaired) electrons. The van der Waals surface area contributed by atoms with Crippen LogP contribution in [0, 0.1) is 0 Å². The van der Waals surface area contributed by atoms with Crippen LogP contribution in [0.3, 0.4) is 0 Å². The molecule has 3 rings (SSSR count). The standard InChI is InChI=1S/C21H27N3O/c1-3-16-8-10-17(11-9-16)23-21(25)20-13-12-19(15-22-20)24-14-6-5-7-18(24)4-2/h8-13,15,18H,3-7,14H2,1-2H3,(H,23,25). The van der Waals surface area contributed by atoms with Crippen molar-refractivity contribution in [2.45, 2.75) is 52.0 Å². The molecule has 0 aliphatic carbocycles. The smallest absolute Gasteiger partial charge is 0.274 e. The van der Waals surface area contributed by atoms with Crippen molar-refractivity contribution in [2.24, 2.45) is 0 Å². The maximum absolute atomic E-state index is 12.4. The van der Waals surface area contributed by atoms with Crippen molar-refractivity contribution in [1.82, 2.24) is 4.98 Å². The molecule has 25 heavy (non-hydrogen) atoms. The first-order valence-corrected chi connectivity index (χ1v) is 9.34. The molecular weight excluding hydrogens is 310 g/mol. The molecule has 0 spiro atoms. The first-order chi connectivity index (χ1) is 12.2. The van der Waals surface area contributed by atoms with Crippen molar-refractivity contribution in [3.05, 3.63) is 53.9 Å². The molecule has 1 N–H and O–H groups in total. The Bertz CT molecular complexity index is 694. The lowest BCUT2D eigenvalue weighted by Crippen LogP contribution is -2.39. The highest BCUT2D eigenvalue weighted by atomic mass is 16.1. The van der Waals surface area contributed by atoms with Gasteiger partial charge in [-0.3, -0.25) is 4.79 Å². The molecule has 4 nitrogen and oxygen atoms in total. The fraction of sp³-hybridized carbons (Fsp3) is 0.429. The number of aromatic nitrogens is 1. The molecule has 4 heteroatoms. The number of rotatable bonds is 5. The van der Waals surface area contributed by atoms with E-state index < -0.39 is 0 Å². The highest BCUT2D eigenvalue weighted by Crippen LogP contribution is 2.26. The number of benzene rings is 1. The molecule has 1 fully saturated rings. The maximum Gasteiger partial charge on any atom is 0.274 e. The van der Waals surface area contributed by atoms with Crippen LogP contribution in [-0.2, 0) is 6.42 Å². The Kier molecular flexibility index (Phi) is 5.69. The third-order valence-electron chi connectivity index (χ3n) is 5.03. The fourth-order valence-electron chi connectivity index (χ4n) is 3.47. The van der Waals surface area contributed by atoms with Gasteiger partial charge in [-0.2, -0.15) is 0 Å². The lowest BCUT2D eigenvalue weighted by molar-refractivity contribution is 0.102. The number of amides is 1. The molecule has 1 aromatic carbocycles. The fourth-order valence-corrected chi connectivity index (χ4v) is 3.47. The van der Waals surface area contributed by atoms with Gasteiger partial charge in [0.05, 0.1) is 11.9 Å². The maximum atomic E-state index is 12.4. The number of anilines is 2. The molecule has 132 valence electrons. The van der Waals surface area contributed by atoms with Crippen molar-refractivity contribution < 1.29 is 4.79 Å². The van der Waals surface area contributed by atoms with E-state index in [4.69, 9.17) is 0 Å². The third-order valence-corrected chi connectivity index (χ3v) is 5.03. The topological polar surface area (TPSA) is 45.2 Å². The summed E-state index contributed by atoms with van der Waals surface area (Å²) in [5.74, 6) is -0.165. The lowest BCUT2D eigenvalue weighted by Gasteiger charge is -2.37. The predicted molar refractivity (Wildman–Crippen MR) is 103 cm³/mol. The van der Waals surface area contributed by atoms with E-state index in [1.54, 1.807) is 0 Å². The molecule has 1 aliphatic rings. The second kappa shape index (κ2) is 8.15. The van der Waals surface area contributed by atoms with Gasteiger partial charge in [0.15, 0.2) is 0 Å². The second-order valence-corrected chi connectivity index (χ2v) is 6.66. The molecule has 2 aromatic rings. The zero-order valence-electron chi connectivity index (χ0n) is 15.2. The number of nitrogens with one attached hydrogen (secondary N) is 1. The summed E-state index contributed by atoms with van der Waals surface area (Å²) in [6.45, 7) is 5.43.